The normalized spacial score (nSPS) is 12.6. The van der Waals surface area contributed by atoms with Crippen LogP contribution in [0.5, 0.6) is 5.75 Å². The molecule has 0 radical (unpaired) electrons. The Labute approximate surface area is 223 Å². The molecule has 0 bridgehead atoms. The van der Waals surface area contributed by atoms with Gasteiger partial charge in [0.25, 0.3) is 5.56 Å². The summed E-state index contributed by atoms with van der Waals surface area (Å²) in [5, 5.41) is 9.41. The summed E-state index contributed by atoms with van der Waals surface area (Å²) in [6.07, 6.45) is 1.51. The fourth-order valence-corrected chi connectivity index (χ4v) is 3.77. The monoisotopic (exact) mass is 538 g/mol. The van der Waals surface area contributed by atoms with E-state index in [1.54, 1.807) is 74.7 Å². The van der Waals surface area contributed by atoms with Gasteiger partial charge >= 0.3 is 6.18 Å². The van der Waals surface area contributed by atoms with E-state index in [0.29, 0.717) is 45.7 Å². The maximum atomic E-state index is 13.7. The molecule has 4 N–H and O–H groups in total. The van der Waals surface area contributed by atoms with Crippen molar-refractivity contribution in [1.82, 2.24) is 9.88 Å². The maximum Gasteiger partial charge on any atom is 0.405 e. The van der Waals surface area contributed by atoms with Gasteiger partial charge in [-0.15, -0.1) is 0 Å². The van der Waals surface area contributed by atoms with Gasteiger partial charge in [0, 0.05) is 29.2 Å². The van der Waals surface area contributed by atoms with Crippen molar-refractivity contribution in [3.63, 3.8) is 0 Å². The predicted octanol–water partition coefficient (Wildman–Crippen LogP) is 4.96. The van der Waals surface area contributed by atoms with Crippen LogP contribution in [0.25, 0.3) is 16.8 Å². The fourth-order valence-electron chi connectivity index (χ4n) is 3.77. The van der Waals surface area contributed by atoms with Crippen LogP contribution in [0.2, 0.25) is 0 Å². The third kappa shape index (κ3) is 7.44. The number of pyridine rings is 1. The van der Waals surface area contributed by atoms with Gasteiger partial charge in [0.15, 0.2) is 0 Å². The Hall–Kier alpha value is -4.67. The van der Waals surface area contributed by atoms with E-state index >= 15 is 0 Å². The molecule has 0 atom stereocenters. The van der Waals surface area contributed by atoms with Gasteiger partial charge in [0.2, 0.25) is 0 Å². The van der Waals surface area contributed by atoms with Gasteiger partial charge in [0.1, 0.15) is 30.3 Å². The van der Waals surface area contributed by atoms with Crippen LogP contribution < -0.4 is 21.3 Å². The molecule has 204 valence electrons. The lowest BCUT2D eigenvalue weighted by atomic mass is 9.97. The van der Waals surface area contributed by atoms with Crippen LogP contribution in [0.3, 0.4) is 0 Å². The summed E-state index contributed by atoms with van der Waals surface area (Å²) >= 11 is 0. The van der Waals surface area contributed by atoms with E-state index in [-0.39, 0.29) is 17.2 Å². The van der Waals surface area contributed by atoms with Crippen molar-refractivity contribution in [2.24, 2.45) is 15.7 Å². The zero-order valence-corrected chi connectivity index (χ0v) is 21.7. The molecule has 3 rings (SSSR count). The minimum atomic E-state index is -4.40. The number of amidine groups is 1. The number of benzene rings is 2. The molecule has 0 aliphatic heterocycles. The first-order valence-corrected chi connectivity index (χ1v) is 12.0. The zero-order chi connectivity index (χ0) is 28.6. The van der Waals surface area contributed by atoms with E-state index in [9.17, 15) is 18.0 Å². The molecule has 3 aromatic rings. The number of alkyl halides is 3. The summed E-state index contributed by atoms with van der Waals surface area (Å²) in [4.78, 5) is 21.8. The standard InChI is InChI=1S/C28H29F3N6O2/c1-4-5-24(35-16-28(29,30)31)34-14-21-15-37(22-10-12-23(39-3)13-11-22)27(38)25(18(21)2)19-6-8-20(9-7-19)26(33)36-17-32/h5-15,17,35H,4,16H2,1-3H3,(H3,32,33,36)/b24-5-,34-14?. The SMILES string of the molecule is CC/C=C(/N=Cc1cn(-c2ccc(OC)cc2)c(=O)c(-c2ccc(C(N)=NC=N)cc2)c1C)NCC(F)(F)F. The molecule has 0 saturated carbocycles. The largest absolute Gasteiger partial charge is 0.497 e. The number of rotatable bonds is 10. The number of aliphatic imine (C=N–C) groups is 2. The predicted molar refractivity (Wildman–Crippen MR) is 148 cm³/mol. The first-order chi connectivity index (χ1) is 18.6. The number of halogens is 3. The summed E-state index contributed by atoms with van der Waals surface area (Å²) in [5.41, 5.74) is 8.82. The quantitative estimate of drug-likeness (QED) is 0.250. The molecule has 0 amide bonds. The van der Waals surface area contributed by atoms with E-state index in [1.165, 1.54) is 17.9 Å². The summed E-state index contributed by atoms with van der Waals surface area (Å²) < 4.78 is 45.0. The smallest absolute Gasteiger partial charge is 0.405 e. The fraction of sp³-hybridized carbons (Fsp3) is 0.214. The third-order valence-electron chi connectivity index (χ3n) is 5.74. The number of nitrogens with zero attached hydrogens (tertiary/aromatic N) is 3. The second-order valence-corrected chi connectivity index (χ2v) is 8.40. The molecule has 0 aliphatic carbocycles. The molecule has 39 heavy (non-hydrogen) atoms. The first-order valence-electron chi connectivity index (χ1n) is 12.0. The molecular weight excluding hydrogens is 509 g/mol. The lowest BCUT2D eigenvalue weighted by Crippen LogP contribution is -2.28. The lowest BCUT2D eigenvalue weighted by molar-refractivity contribution is -0.123. The van der Waals surface area contributed by atoms with Gasteiger partial charge < -0.3 is 15.8 Å². The number of allylic oxidation sites excluding steroid dienone is 1. The molecule has 2 aromatic carbocycles. The second kappa shape index (κ2) is 12.7. The Balaban J connectivity index is 2.17. The second-order valence-electron chi connectivity index (χ2n) is 8.40. The van der Waals surface area contributed by atoms with Crippen molar-refractivity contribution >= 4 is 18.4 Å². The van der Waals surface area contributed by atoms with E-state index < -0.39 is 12.7 Å². The van der Waals surface area contributed by atoms with Gasteiger partial charge in [-0.2, -0.15) is 13.2 Å². The van der Waals surface area contributed by atoms with Crippen LogP contribution in [-0.2, 0) is 0 Å². The summed E-state index contributed by atoms with van der Waals surface area (Å²) in [5.74, 6) is 0.848. The van der Waals surface area contributed by atoms with Crippen LogP contribution in [0, 0.1) is 12.3 Å². The molecule has 0 aliphatic rings. The Morgan fingerprint density at radius 2 is 1.82 bits per heavy atom. The molecule has 1 aromatic heterocycles. The molecule has 0 saturated heterocycles. The lowest BCUT2D eigenvalue weighted by Gasteiger charge is -2.15. The van der Waals surface area contributed by atoms with Crippen molar-refractivity contribution in [3.05, 3.63) is 93.7 Å². The summed E-state index contributed by atoms with van der Waals surface area (Å²) in [6.45, 7) is 2.32. The highest BCUT2D eigenvalue weighted by atomic mass is 19.4. The van der Waals surface area contributed by atoms with Gasteiger partial charge in [0.05, 0.1) is 12.7 Å². The molecule has 0 fully saturated rings. The first kappa shape index (κ1) is 28.9. The highest BCUT2D eigenvalue weighted by Crippen LogP contribution is 2.24. The van der Waals surface area contributed by atoms with Gasteiger partial charge in [-0.1, -0.05) is 31.2 Å². The third-order valence-corrected chi connectivity index (χ3v) is 5.74. The zero-order valence-electron chi connectivity index (χ0n) is 21.7. The average Bonchev–Trinajstić information content (AvgIpc) is 2.91. The van der Waals surface area contributed by atoms with E-state index in [4.69, 9.17) is 15.9 Å². The van der Waals surface area contributed by atoms with Gasteiger partial charge in [-0.25, -0.2) is 9.98 Å². The van der Waals surface area contributed by atoms with Gasteiger partial charge in [-0.3, -0.25) is 14.8 Å². The number of ether oxygens (including phenoxy) is 1. The molecule has 0 unspecified atom stereocenters. The average molecular weight is 539 g/mol. The van der Waals surface area contributed by atoms with Crippen molar-refractivity contribution < 1.29 is 17.9 Å². The molecule has 1 heterocycles. The highest BCUT2D eigenvalue weighted by molar-refractivity contribution is 6.01. The van der Waals surface area contributed by atoms with E-state index in [0.717, 1.165) is 6.34 Å². The van der Waals surface area contributed by atoms with Crippen molar-refractivity contribution in [1.29, 1.82) is 5.41 Å². The van der Waals surface area contributed by atoms with Crippen LogP contribution in [0.4, 0.5) is 13.2 Å². The number of hydrogen-bond acceptors (Lipinski definition) is 5. The van der Waals surface area contributed by atoms with Crippen molar-refractivity contribution in [2.45, 2.75) is 26.4 Å². The van der Waals surface area contributed by atoms with Crippen LogP contribution in [0.1, 0.15) is 30.0 Å². The number of nitrogens with one attached hydrogen (secondary N) is 2. The van der Waals surface area contributed by atoms with Gasteiger partial charge in [-0.05, 0) is 54.8 Å². The minimum absolute atomic E-state index is 0.0725. The minimum Gasteiger partial charge on any atom is -0.497 e. The Kier molecular flexibility index (Phi) is 9.43. The molecule has 11 heteroatoms. The molecule has 8 nitrogen and oxygen atoms in total. The van der Waals surface area contributed by atoms with Crippen molar-refractivity contribution in [2.75, 3.05) is 13.7 Å². The molecular formula is C28H29F3N6O2. The summed E-state index contributed by atoms with van der Waals surface area (Å²) in [7, 11) is 1.54. The summed E-state index contributed by atoms with van der Waals surface area (Å²) in [6, 6.07) is 13.7. The topological polar surface area (TPSA) is 118 Å². The Bertz CT molecular complexity index is 1450. The maximum absolute atomic E-state index is 13.7. The van der Waals surface area contributed by atoms with Crippen LogP contribution in [-0.4, -0.2) is 42.8 Å². The van der Waals surface area contributed by atoms with E-state index in [1.807, 2.05) is 0 Å². The Morgan fingerprint density at radius 3 is 2.38 bits per heavy atom. The Morgan fingerprint density at radius 1 is 1.15 bits per heavy atom. The van der Waals surface area contributed by atoms with E-state index in [2.05, 4.69) is 15.3 Å². The highest BCUT2D eigenvalue weighted by Gasteiger charge is 2.26. The number of aromatic nitrogens is 1. The van der Waals surface area contributed by atoms with Crippen LogP contribution in [0.15, 0.2) is 81.4 Å². The number of nitrogens with two attached hydrogens (primary N) is 1. The number of methoxy groups -OCH3 is 1. The van der Waals surface area contributed by atoms with Crippen LogP contribution >= 0.6 is 0 Å². The number of hydrogen-bond donors (Lipinski definition) is 3. The van der Waals surface area contributed by atoms with Crippen molar-refractivity contribution in [3.8, 4) is 22.6 Å². The molecule has 0 spiro atoms.